The van der Waals surface area contributed by atoms with Gasteiger partial charge in [-0.1, -0.05) is 13.3 Å². The molecule has 1 heterocycles. The molecule has 3 N–H and O–H groups in total. The number of nitrogens with one attached hydrogen (secondary N) is 2. The third kappa shape index (κ3) is 4.58. The molecule has 2 unspecified atom stereocenters. The Morgan fingerprint density at radius 1 is 1.42 bits per heavy atom. The van der Waals surface area contributed by atoms with Crippen molar-refractivity contribution in [3.05, 3.63) is 0 Å². The normalized spacial score (nSPS) is 22.5. The fourth-order valence-corrected chi connectivity index (χ4v) is 3.56. The molecule has 1 saturated heterocycles. The van der Waals surface area contributed by atoms with E-state index in [0.717, 1.165) is 25.8 Å². The Bertz CT molecular complexity index is 315. The number of rotatable bonds is 7. The zero-order valence-electron chi connectivity index (χ0n) is 11.5. The van der Waals surface area contributed by atoms with Crippen LogP contribution in [-0.2, 0) is 4.79 Å². The van der Waals surface area contributed by atoms with Crippen LogP contribution in [0.2, 0.25) is 0 Å². The fraction of sp³-hybridized carbons (Fsp3) is 0.833. The summed E-state index contributed by atoms with van der Waals surface area (Å²) in [5.41, 5.74) is 0. The van der Waals surface area contributed by atoms with E-state index in [1.165, 1.54) is 4.90 Å². The van der Waals surface area contributed by atoms with Gasteiger partial charge in [0.25, 0.3) is 0 Å². The fourth-order valence-electron chi connectivity index (χ4n) is 2.05. The summed E-state index contributed by atoms with van der Waals surface area (Å²) in [6.07, 6.45) is 2.60. The van der Waals surface area contributed by atoms with E-state index in [9.17, 15) is 14.7 Å². The Morgan fingerprint density at radius 2 is 2.16 bits per heavy atom. The van der Waals surface area contributed by atoms with Crippen LogP contribution < -0.4 is 10.6 Å². The summed E-state index contributed by atoms with van der Waals surface area (Å²) in [7, 11) is 1.86. The molecule has 1 aliphatic heterocycles. The molecule has 2 atom stereocenters. The second-order valence-electron chi connectivity index (χ2n) is 4.53. The highest BCUT2D eigenvalue weighted by Crippen LogP contribution is 2.32. The molecule has 0 saturated carbocycles. The summed E-state index contributed by atoms with van der Waals surface area (Å²) in [5, 5.41) is 15.0. The molecule has 1 fully saturated rings. The number of urea groups is 1. The minimum absolute atomic E-state index is 0.0181. The van der Waals surface area contributed by atoms with Crippen molar-refractivity contribution < 1.29 is 14.7 Å². The lowest BCUT2D eigenvalue weighted by molar-refractivity contribution is -0.141. The Balaban J connectivity index is 2.56. The van der Waals surface area contributed by atoms with Gasteiger partial charge in [0.15, 0.2) is 0 Å². The van der Waals surface area contributed by atoms with E-state index in [4.69, 9.17) is 0 Å². The molecule has 2 amide bonds. The molecule has 0 radical (unpaired) electrons. The molecule has 110 valence electrons. The van der Waals surface area contributed by atoms with Crippen LogP contribution in [0.3, 0.4) is 0 Å². The van der Waals surface area contributed by atoms with Gasteiger partial charge in [0.2, 0.25) is 0 Å². The molecular weight excluding hydrogens is 266 g/mol. The van der Waals surface area contributed by atoms with Gasteiger partial charge < -0.3 is 15.7 Å². The van der Waals surface area contributed by atoms with Gasteiger partial charge in [-0.2, -0.15) is 0 Å². The summed E-state index contributed by atoms with van der Waals surface area (Å²) in [6, 6.07) is -0.960. The van der Waals surface area contributed by atoms with Crippen molar-refractivity contribution in [2.45, 2.75) is 37.6 Å². The summed E-state index contributed by atoms with van der Waals surface area (Å²) in [5.74, 6) is -0.444. The Kier molecular flexibility index (Phi) is 7.01. The van der Waals surface area contributed by atoms with Crippen LogP contribution in [0.15, 0.2) is 0 Å². The second-order valence-corrected chi connectivity index (χ2v) is 5.74. The SMILES string of the molecule is CCCC1SCC(C(=O)O)N1C(=O)NCCCNC. The second kappa shape index (κ2) is 8.27. The average Bonchev–Trinajstić information content (AvgIpc) is 2.79. The highest BCUT2D eigenvalue weighted by Gasteiger charge is 2.40. The summed E-state index contributed by atoms with van der Waals surface area (Å²) >= 11 is 1.56. The van der Waals surface area contributed by atoms with Gasteiger partial charge in [0.05, 0.1) is 5.37 Å². The maximum absolute atomic E-state index is 12.1. The predicted molar refractivity (Wildman–Crippen MR) is 76.4 cm³/mol. The first-order valence-electron chi connectivity index (χ1n) is 6.67. The number of hydrogen-bond donors (Lipinski definition) is 3. The smallest absolute Gasteiger partial charge is 0.327 e. The average molecular weight is 289 g/mol. The molecule has 1 rings (SSSR count). The van der Waals surface area contributed by atoms with Crippen LogP contribution in [0.5, 0.6) is 0 Å². The number of carboxylic acids is 1. The first kappa shape index (κ1) is 16.1. The zero-order chi connectivity index (χ0) is 14.3. The van der Waals surface area contributed by atoms with Crippen molar-refractivity contribution in [2.24, 2.45) is 0 Å². The van der Waals surface area contributed by atoms with Gasteiger partial charge >= 0.3 is 12.0 Å². The molecular formula is C12H23N3O3S. The van der Waals surface area contributed by atoms with E-state index >= 15 is 0 Å². The largest absolute Gasteiger partial charge is 0.480 e. The molecule has 19 heavy (non-hydrogen) atoms. The monoisotopic (exact) mass is 289 g/mol. The number of aliphatic carboxylic acids is 1. The van der Waals surface area contributed by atoms with Gasteiger partial charge in [-0.25, -0.2) is 9.59 Å². The van der Waals surface area contributed by atoms with Crippen molar-refractivity contribution in [2.75, 3.05) is 25.9 Å². The first-order valence-corrected chi connectivity index (χ1v) is 7.71. The number of carbonyl (C=O) groups is 2. The van der Waals surface area contributed by atoms with Crippen LogP contribution in [-0.4, -0.2) is 59.3 Å². The van der Waals surface area contributed by atoms with Crippen molar-refractivity contribution in [3.8, 4) is 0 Å². The molecule has 7 heteroatoms. The first-order chi connectivity index (χ1) is 9.11. The summed E-state index contributed by atoms with van der Waals surface area (Å²) < 4.78 is 0. The third-order valence-electron chi connectivity index (χ3n) is 3.03. The lowest BCUT2D eigenvalue weighted by Crippen LogP contribution is -2.50. The lowest BCUT2D eigenvalue weighted by atomic mass is 10.2. The van der Waals surface area contributed by atoms with Crippen LogP contribution in [0.25, 0.3) is 0 Å². The molecule has 0 aromatic carbocycles. The molecule has 0 aromatic heterocycles. The molecule has 1 aliphatic rings. The maximum atomic E-state index is 12.1. The van der Waals surface area contributed by atoms with Crippen LogP contribution in [0, 0.1) is 0 Å². The van der Waals surface area contributed by atoms with Crippen molar-refractivity contribution >= 4 is 23.8 Å². The number of nitrogens with zero attached hydrogens (tertiary/aromatic N) is 1. The van der Waals surface area contributed by atoms with E-state index in [0.29, 0.717) is 12.3 Å². The van der Waals surface area contributed by atoms with Crippen LogP contribution >= 0.6 is 11.8 Å². The predicted octanol–water partition coefficient (Wildman–Crippen LogP) is 0.934. The lowest BCUT2D eigenvalue weighted by Gasteiger charge is -2.27. The van der Waals surface area contributed by atoms with Gasteiger partial charge in [-0.15, -0.1) is 11.8 Å². The molecule has 0 aromatic rings. The minimum atomic E-state index is -0.920. The van der Waals surface area contributed by atoms with Gasteiger partial charge in [0.1, 0.15) is 6.04 Å². The number of hydrogen-bond acceptors (Lipinski definition) is 4. The van der Waals surface area contributed by atoms with Crippen molar-refractivity contribution in [3.63, 3.8) is 0 Å². The zero-order valence-corrected chi connectivity index (χ0v) is 12.3. The Morgan fingerprint density at radius 3 is 2.74 bits per heavy atom. The van der Waals surface area contributed by atoms with Gasteiger partial charge in [-0.05, 0) is 26.4 Å². The maximum Gasteiger partial charge on any atom is 0.327 e. The van der Waals surface area contributed by atoms with Crippen molar-refractivity contribution in [1.29, 1.82) is 0 Å². The molecule has 6 nitrogen and oxygen atoms in total. The van der Waals surface area contributed by atoms with E-state index in [1.54, 1.807) is 11.8 Å². The van der Waals surface area contributed by atoms with Crippen LogP contribution in [0.1, 0.15) is 26.2 Å². The highest BCUT2D eigenvalue weighted by molar-refractivity contribution is 8.00. The number of thioether (sulfide) groups is 1. The summed E-state index contributed by atoms with van der Waals surface area (Å²) in [4.78, 5) is 24.8. The number of carboxylic acid groups (broad SMARTS) is 1. The van der Waals surface area contributed by atoms with E-state index in [1.807, 2.05) is 14.0 Å². The van der Waals surface area contributed by atoms with E-state index < -0.39 is 12.0 Å². The standard InChI is InChI=1S/C12H23N3O3S/c1-3-5-10-15(9(8-19-10)11(16)17)12(18)14-7-4-6-13-2/h9-10,13H,3-8H2,1-2H3,(H,14,18)(H,16,17). The minimum Gasteiger partial charge on any atom is -0.480 e. The van der Waals surface area contributed by atoms with Crippen molar-refractivity contribution in [1.82, 2.24) is 15.5 Å². The van der Waals surface area contributed by atoms with E-state index in [2.05, 4.69) is 10.6 Å². The van der Waals surface area contributed by atoms with Crippen LogP contribution in [0.4, 0.5) is 4.79 Å². The summed E-state index contributed by atoms with van der Waals surface area (Å²) in [6.45, 7) is 3.43. The Labute approximate surface area is 118 Å². The Hall–Kier alpha value is -0.950. The topological polar surface area (TPSA) is 81.7 Å². The third-order valence-corrected chi connectivity index (χ3v) is 4.38. The van der Waals surface area contributed by atoms with E-state index in [-0.39, 0.29) is 11.4 Å². The molecule has 0 bridgehead atoms. The van der Waals surface area contributed by atoms with Gasteiger partial charge in [-0.3, -0.25) is 4.90 Å². The highest BCUT2D eigenvalue weighted by atomic mass is 32.2. The molecule has 0 aliphatic carbocycles. The van der Waals surface area contributed by atoms with Gasteiger partial charge in [0, 0.05) is 12.3 Å². The number of carbonyl (C=O) groups excluding carboxylic acids is 1. The molecule has 0 spiro atoms. The quantitative estimate of drug-likeness (QED) is 0.608. The number of amides is 2.